The summed E-state index contributed by atoms with van der Waals surface area (Å²) in [4.78, 5) is 0. The number of hydrogen-bond donors (Lipinski definition) is 1. The maximum absolute atomic E-state index is 13.5. The van der Waals surface area contributed by atoms with E-state index in [0.717, 1.165) is 26.1 Å². The second-order valence-corrected chi connectivity index (χ2v) is 5.22. The average Bonchev–Trinajstić information content (AvgIpc) is 2.30. The lowest BCUT2D eigenvalue weighted by Gasteiger charge is -2.21. The molecule has 2 N–H and O–H groups in total. The Morgan fingerprint density at radius 3 is 2.81 bits per heavy atom. The minimum Gasteiger partial charge on any atom is -0.398 e. The average molecular weight is 241 g/mol. The van der Waals surface area contributed by atoms with Crippen molar-refractivity contribution in [3.63, 3.8) is 0 Å². The molecule has 0 aromatic heterocycles. The zero-order valence-electron chi connectivity index (χ0n) is 9.12. The summed E-state index contributed by atoms with van der Waals surface area (Å²) in [5.74, 6) is 0.461. The summed E-state index contributed by atoms with van der Waals surface area (Å²) < 4.78 is 18.8. The first-order chi connectivity index (χ1) is 7.77. The van der Waals surface area contributed by atoms with E-state index in [1.54, 1.807) is 23.9 Å². The first kappa shape index (κ1) is 11.7. The van der Waals surface area contributed by atoms with Crippen LogP contribution in [0.5, 0.6) is 0 Å². The van der Waals surface area contributed by atoms with Gasteiger partial charge in [-0.25, -0.2) is 4.39 Å². The van der Waals surface area contributed by atoms with E-state index < -0.39 is 0 Å². The van der Waals surface area contributed by atoms with Gasteiger partial charge in [0.2, 0.25) is 0 Å². The molecule has 1 aromatic rings. The zero-order valence-corrected chi connectivity index (χ0v) is 9.93. The van der Waals surface area contributed by atoms with Crippen LogP contribution in [0.4, 0.5) is 10.1 Å². The second-order valence-electron chi connectivity index (χ2n) is 3.93. The summed E-state index contributed by atoms with van der Waals surface area (Å²) in [6.45, 7) is 1.65. The molecule has 1 heterocycles. The van der Waals surface area contributed by atoms with Crippen molar-refractivity contribution in [2.45, 2.75) is 23.8 Å². The van der Waals surface area contributed by atoms with Crippen molar-refractivity contribution in [2.24, 2.45) is 0 Å². The zero-order chi connectivity index (χ0) is 11.4. The highest BCUT2D eigenvalue weighted by Crippen LogP contribution is 2.28. The van der Waals surface area contributed by atoms with Gasteiger partial charge in [-0.15, -0.1) is 0 Å². The first-order valence-corrected chi connectivity index (χ1v) is 6.54. The van der Waals surface area contributed by atoms with Gasteiger partial charge in [0, 0.05) is 35.5 Å². The Kier molecular flexibility index (Phi) is 4.07. The molecule has 0 atom stereocenters. The van der Waals surface area contributed by atoms with Crippen LogP contribution in [0, 0.1) is 5.82 Å². The Balaban J connectivity index is 1.93. The van der Waals surface area contributed by atoms with Crippen molar-refractivity contribution in [2.75, 3.05) is 18.9 Å². The molecule has 0 saturated carbocycles. The lowest BCUT2D eigenvalue weighted by molar-refractivity contribution is 0.1000. The predicted molar refractivity (Wildman–Crippen MR) is 65.9 cm³/mol. The van der Waals surface area contributed by atoms with Gasteiger partial charge in [-0.3, -0.25) is 0 Å². The molecule has 0 radical (unpaired) electrons. The summed E-state index contributed by atoms with van der Waals surface area (Å²) in [6.07, 6.45) is 2.11. The third kappa shape index (κ3) is 2.89. The molecule has 4 heteroatoms. The van der Waals surface area contributed by atoms with Crippen LogP contribution in [0.15, 0.2) is 18.2 Å². The number of nitrogen functional groups attached to an aromatic ring is 1. The van der Waals surface area contributed by atoms with Crippen LogP contribution < -0.4 is 5.73 Å². The van der Waals surface area contributed by atoms with Gasteiger partial charge in [0.15, 0.2) is 0 Å². The van der Waals surface area contributed by atoms with Crippen LogP contribution in [0.3, 0.4) is 0 Å². The Morgan fingerprint density at radius 1 is 1.38 bits per heavy atom. The van der Waals surface area contributed by atoms with E-state index in [-0.39, 0.29) is 5.82 Å². The molecule has 0 amide bonds. The van der Waals surface area contributed by atoms with E-state index in [1.807, 2.05) is 0 Å². The van der Waals surface area contributed by atoms with Gasteiger partial charge in [0.05, 0.1) is 0 Å². The minimum absolute atomic E-state index is 0.195. The van der Waals surface area contributed by atoms with Gasteiger partial charge < -0.3 is 10.5 Å². The van der Waals surface area contributed by atoms with Crippen molar-refractivity contribution in [1.82, 2.24) is 0 Å². The monoisotopic (exact) mass is 241 g/mol. The van der Waals surface area contributed by atoms with Crippen molar-refractivity contribution in [3.8, 4) is 0 Å². The highest BCUT2D eigenvalue weighted by atomic mass is 32.2. The van der Waals surface area contributed by atoms with Crippen molar-refractivity contribution in [3.05, 3.63) is 29.6 Å². The molecule has 1 aromatic carbocycles. The molecule has 2 rings (SSSR count). The van der Waals surface area contributed by atoms with Crippen LogP contribution in [-0.4, -0.2) is 18.5 Å². The lowest BCUT2D eigenvalue weighted by atomic mass is 10.2. The molecule has 1 aliphatic heterocycles. The van der Waals surface area contributed by atoms with Gasteiger partial charge in [-0.05, 0) is 25.0 Å². The topological polar surface area (TPSA) is 35.2 Å². The molecule has 1 saturated heterocycles. The molecule has 88 valence electrons. The molecule has 1 fully saturated rings. The quantitative estimate of drug-likeness (QED) is 0.826. The molecule has 1 aliphatic rings. The second kappa shape index (κ2) is 5.55. The summed E-state index contributed by atoms with van der Waals surface area (Å²) in [5, 5.41) is 0.577. The van der Waals surface area contributed by atoms with Gasteiger partial charge in [-0.1, -0.05) is 6.07 Å². The van der Waals surface area contributed by atoms with E-state index in [4.69, 9.17) is 10.5 Å². The van der Waals surface area contributed by atoms with Gasteiger partial charge in [0.25, 0.3) is 0 Å². The van der Waals surface area contributed by atoms with Crippen molar-refractivity contribution >= 4 is 17.4 Å². The van der Waals surface area contributed by atoms with Crippen LogP contribution in [0.1, 0.15) is 18.4 Å². The molecule has 16 heavy (non-hydrogen) atoms. The van der Waals surface area contributed by atoms with Crippen LogP contribution in [0.25, 0.3) is 0 Å². The molecule has 0 unspecified atom stereocenters. The number of hydrogen-bond acceptors (Lipinski definition) is 3. The summed E-state index contributed by atoms with van der Waals surface area (Å²) in [5.41, 5.74) is 6.95. The third-order valence-corrected chi connectivity index (χ3v) is 4.18. The van der Waals surface area contributed by atoms with E-state index >= 15 is 0 Å². The van der Waals surface area contributed by atoms with Gasteiger partial charge in [-0.2, -0.15) is 11.8 Å². The third-order valence-electron chi connectivity index (χ3n) is 2.79. The van der Waals surface area contributed by atoms with E-state index in [2.05, 4.69) is 0 Å². The van der Waals surface area contributed by atoms with Crippen LogP contribution in [0.2, 0.25) is 0 Å². The van der Waals surface area contributed by atoms with Gasteiger partial charge >= 0.3 is 0 Å². The lowest BCUT2D eigenvalue weighted by Crippen LogP contribution is -2.17. The maximum Gasteiger partial charge on any atom is 0.129 e. The van der Waals surface area contributed by atoms with Crippen LogP contribution in [-0.2, 0) is 10.5 Å². The van der Waals surface area contributed by atoms with Crippen LogP contribution >= 0.6 is 11.8 Å². The number of rotatable bonds is 3. The smallest absolute Gasteiger partial charge is 0.129 e. The minimum atomic E-state index is -0.195. The van der Waals surface area contributed by atoms with Gasteiger partial charge in [0.1, 0.15) is 5.82 Å². The summed E-state index contributed by atoms with van der Waals surface area (Å²) in [7, 11) is 0. The Hall–Kier alpha value is -0.740. The maximum atomic E-state index is 13.5. The Labute approximate surface area is 99.4 Å². The van der Waals surface area contributed by atoms with Crippen molar-refractivity contribution < 1.29 is 9.13 Å². The number of anilines is 1. The summed E-state index contributed by atoms with van der Waals surface area (Å²) in [6, 6.07) is 4.87. The molecule has 2 nitrogen and oxygen atoms in total. The highest BCUT2D eigenvalue weighted by molar-refractivity contribution is 7.99. The number of halogens is 1. The normalized spacial score (nSPS) is 17.6. The Morgan fingerprint density at radius 2 is 2.12 bits per heavy atom. The molecule has 0 spiro atoms. The standard InChI is InChI=1S/C12H16FNOS/c13-11-2-1-3-12(14)10(11)8-16-9-4-6-15-7-5-9/h1-3,9H,4-8,14H2. The number of nitrogens with two attached hydrogens (primary N) is 1. The summed E-state index contributed by atoms with van der Waals surface area (Å²) >= 11 is 1.78. The molecular weight excluding hydrogens is 225 g/mol. The Bertz CT molecular complexity index is 333. The fourth-order valence-electron chi connectivity index (χ4n) is 1.77. The first-order valence-electron chi connectivity index (χ1n) is 5.49. The van der Waals surface area contributed by atoms with Crippen molar-refractivity contribution in [1.29, 1.82) is 0 Å². The number of ether oxygens (including phenoxy) is 1. The largest absolute Gasteiger partial charge is 0.398 e. The molecule has 0 bridgehead atoms. The van der Waals surface area contributed by atoms with E-state index in [0.29, 0.717) is 22.3 Å². The highest BCUT2D eigenvalue weighted by Gasteiger charge is 2.15. The SMILES string of the molecule is Nc1cccc(F)c1CSC1CCOCC1. The number of thioether (sulfide) groups is 1. The fraction of sp³-hybridized carbons (Fsp3) is 0.500. The molecular formula is C12H16FNOS. The fourth-order valence-corrected chi connectivity index (χ4v) is 3.00. The molecule has 0 aliphatic carbocycles. The predicted octanol–water partition coefficient (Wildman–Crippen LogP) is 2.82. The van der Waals surface area contributed by atoms with E-state index in [9.17, 15) is 4.39 Å². The van der Waals surface area contributed by atoms with E-state index in [1.165, 1.54) is 6.07 Å². The number of benzene rings is 1.